The van der Waals surface area contributed by atoms with Gasteiger partial charge in [0.2, 0.25) is 5.76 Å². The molecule has 2 aromatic rings. The van der Waals surface area contributed by atoms with Crippen LogP contribution in [0.5, 0.6) is 11.5 Å². The molecule has 1 aromatic carbocycles. The molecule has 0 aliphatic carbocycles. The van der Waals surface area contributed by atoms with Crippen LogP contribution in [0.3, 0.4) is 0 Å². The molecular weight excluding hydrogens is 344 g/mol. The van der Waals surface area contributed by atoms with Crippen LogP contribution >= 0.6 is 0 Å². The lowest BCUT2D eigenvalue weighted by Gasteiger charge is -2.09. The highest BCUT2D eigenvalue weighted by Gasteiger charge is 2.34. The Morgan fingerprint density at radius 2 is 2.04 bits per heavy atom. The number of rotatable bonds is 4. The zero-order valence-corrected chi connectivity index (χ0v) is 13.6. The van der Waals surface area contributed by atoms with Crippen LogP contribution in [0.15, 0.2) is 40.4 Å². The molecule has 1 saturated heterocycles. The first-order valence-corrected chi connectivity index (χ1v) is 7.42. The average molecular weight is 358 g/mol. The molecule has 0 saturated carbocycles. The van der Waals surface area contributed by atoms with Crippen LogP contribution in [-0.4, -0.2) is 40.1 Å². The highest BCUT2D eigenvalue weighted by atomic mass is 16.5. The van der Waals surface area contributed by atoms with Crippen molar-refractivity contribution in [1.29, 1.82) is 0 Å². The molecule has 9 heteroatoms. The molecule has 0 unspecified atom stereocenters. The minimum atomic E-state index is -0.671. The summed E-state index contributed by atoms with van der Waals surface area (Å²) in [6.07, 6.45) is 1.29. The maximum atomic E-state index is 12.4. The van der Waals surface area contributed by atoms with E-state index in [0.717, 1.165) is 11.0 Å². The van der Waals surface area contributed by atoms with Crippen molar-refractivity contribution in [3.63, 3.8) is 0 Å². The van der Waals surface area contributed by atoms with Crippen molar-refractivity contribution in [3.05, 3.63) is 53.1 Å². The number of benzene rings is 1. The molecular formula is C17H14N2O7. The third-order valence-electron chi connectivity index (χ3n) is 3.64. The lowest BCUT2D eigenvalue weighted by molar-refractivity contribution is -0.123. The van der Waals surface area contributed by atoms with E-state index in [2.05, 4.69) is 10.1 Å². The Bertz CT molecular complexity index is 929. The molecule has 0 spiro atoms. The summed E-state index contributed by atoms with van der Waals surface area (Å²) in [7, 11) is 1.21. The Kier molecular flexibility index (Phi) is 4.36. The number of nitrogens with one attached hydrogen (secondary N) is 1. The van der Waals surface area contributed by atoms with E-state index in [1.54, 1.807) is 0 Å². The minimum absolute atomic E-state index is 0.0423. The molecule has 9 nitrogen and oxygen atoms in total. The normalized spacial score (nSPS) is 15.4. The number of phenols is 2. The predicted molar refractivity (Wildman–Crippen MR) is 86.9 cm³/mol. The van der Waals surface area contributed by atoms with Gasteiger partial charge in [-0.1, -0.05) is 0 Å². The molecule has 3 rings (SSSR count). The number of imide groups is 1. The number of methoxy groups -OCH3 is 1. The number of ether oxygens (including phenoxy) is 1. The number of esters is 1. The molecule has 3 N–H and O–H groups in total. The summed E-state index contributed by atoms with van der Waals surface area (Å²) in [5, 5.41) is 21.5. The van der Waals surface area contributed by atoms with E-state index < -0.39 is 17.9 Å². The van der Waals surface area contributed by atoms with Crippen molar-refractivity contribution in [2.24, 2.45) is 0 Å². The Morgan fingerprint density at radius 1 is 1.27 bits per heavy atom. The number of phenolic OH excluding ortho intramolecular Hbond substituents is 2. The fraction of sp³-hybridized carbons (Fsp3) is 0.118. The number of carbonyl (C=O) groups is 3. The van der Waals surface area contributed by atoms with Crippen LogP contribution in [0, 0.1) is 0 Å². The molecule has 1 fully saturated rings. The summed E-state index contributed by atoms with van der Waals surface area (Å²) >= 11 is 0. The lowest BCUT2D eigenvalue weighted by Crippen LogP contribution is -2.30. The Hall–Kier alpha value is -3.75. The minimum Gasteiger partial charge on any atom is -0.508 e. The fourth-order valence-electron chi connectivity index (χ4n) is 2.35. The summed E-state index contributed by atoms with van der Waals surface area (Å²) in [5.74, 6) is -1.49. The van der Waals surface area contributed by atoms with Crippen molar-refractivity contribution in [1.82, 2.24) is 10.2 Å². The Morgan fingerprint density at radius 3 is 2.73 bits per heavy atom. The van der Waals surface area contributed by atoms with Gasteiger partial charge in [-0.15, -0.1) is 0 Å². The van der Waals surface area contributed by atoms with E-state index in [1.165, 1.54) is 37.5 Å². The molecule has 26 heavy (non-hydrogen) atoms. The van der Waals surface area contributed by atoms with Gasteiger partial charge in [-0.2, -0.15) is 0 Å². The number of hydrogen-bond acceptors (Lipinski definition) is 7. The summed E-state index contributed by atoms with van der Waals surface area (Å²) in [4.78, 5) is 36.7. The van der Waals surface area contributed by atoms with Gasteiger partial charge in [-0.3, -0.25) is 9.69 Å². The molecule has 1 aromatic heterocycles. The van der Waals surface area contributed by atoms with Gasteiger partial charge in [0.1, 0.15) is 23.0 Å². The average Bonchev–Trinajstić information content (AvgIpc) is 3.17. The summed E-state index contributed by atoms with van der Waals surface area (Å²) in [6, 6.07) is 6.01. The van der Waals surface area contributed by atoms with Crippen LogP contribution < -0.4 is 5.32 Å². The van der Waals surface area contributed by atoms with E-state index in [-0.39, 0.29) is 40.8 Å². The second-order valence-electron chi connectivity index (χ2n) is 5.38. The zero-order chi connectivity index (χ0) is 18.8. The number of aromatic hydroxyl groups is 2. The van der Waals surface area contributed by atoms with Gasteiger partial charge in [-0.05, 0) is 30.3 Å². The van der Waals surface area contributed by atoms with Gasteiger partial charge in [-0.25, -0.2) is 9.59 Å². The fourth-order valence-corrected chi connectivity index (χ4v) is 2.35. The molecule has 1 aliphatic heterocycles. The molecule has 3 amide bonds. The lowest BCUT2D eigenvalue weighted by atomic mass is 10.1. The third-order valence-corrected chi connectivity index (χ3v) is 3.64. The van der Waals surface area contributed by atoms with Crippen molar-refractivity contribution in [2.75, 3.05) is 7.11 Å². The monoisotopic (exact) mass is 358 g/mol. The van der Waals surface area contributed by atoms with Crippen molar-refractivity contribution in [3.8, 4) is 11.5 Å². The van der Waals surface area contributed by atoms with Crippen LogP contribution in [-0.2, 0) is 16.1 Å². The zero-order valence-electron chi connectivity index (χ0n) is 13.6. The maximum Gasteiger partial charge on any atom is 0.373 e. The number of carbonyl (C=O) groups excluding carboxylic acids is 3. The van der Waals surface area contributed by atoms with E-state index in [1.807, 2.05) is 0 Å². The Balaban J connectivity index is 1.79. The van der Waals surface area contributed by atoms with Crippen LogP contribution in [0.2, 0.25) is 0 Å². The van der Waals surface area contributed by atoms with Gasteiger partial charge in [0, 0.05) is 11.6 Å². The summed E-state index contributed by atoms with van der Waals surface area (Å²) < 4.78 is 9.77. The first kappa shape index (κ1) is 17.1. The van der Waals surface area contributed by atoms with Gasteiger partial charge in [0.25, 0.3) is 5.91 Å². The van der Waals surface area contributed by atoms with E-state index >= 15 is 0 Å². The quantitative estimate of drug-likeness (QED) is 0.430. The second-order valence-corrected chi connectivity index (χ2v) is 5.38. The molecule has 1 aliphatic rings. The number of furan rings is 1. The highest BCUT2D eigenvalue weighted by molar-refractivity contribution is 6.14. The number of urea groups is 1. The van der Waals surface area contributed by atoms with Gasteiger partial charge in [0.05, 0.1) is 13.7 Å². The van der Waals surface area contributed by atoms with E-state index in [0.29, 0.717) is 0 Å². The number of nitrogens with zero attached hydrogens (tertiary/aromatic N) is 1. The number of amides is 3. The van der Waals surface area contributed by atoms with Gasteiger partial charge >= 0.3 is 12.0 Å². The van der Waals surface area contributed by atoms with Crippen LogP contribution in [0.1, 0.15) is 21.9 Å². The topological polar surface area (TPSA) is 129 Å². The standard InChI is InChI=1S/C17H14N2O7/c1-25-16(23)14-5-4-11(26-14)8-19-15(22)12(18-17(19)24)6-9-2-3-10(20)7-13(9)21/h2-7,20-21H,8H2,1H3,(H,18,24)/b12-6-. The van der Waals surface area contributed by atoms with Crippen molar-refractivity contribution < 1.29 is 33.8 Å². The second kappa shape index (κ2) is 6.63. The first-order chi connectivity index (χ1) is 12.4. The highest BCUT2D eigenvalue weighted by Crippen LogP contribution is 2.26. The SMILES string of the molecule is COC(=O)c1ccc(CN2C(=O)N/C(=C\c3ccc(O)cc3O)C2=O)o1. The van der Waals surface area contributed by atoms with Gasteiger partial charge < -0.3 is 24.7 Å². The summed E-state index contributed by atoms with van der Waals surface area (Å²) in [6.45, 7) is -0.180. The van der Waals surface area contributed by atoms with Crippen LogP contribution in [0.25, 0.3) is 6.08 Å². The molecule has 0 atom stereocenters. The van der Waals surface area contributed by atoms with Gasteiger partial charge in [0.15, 0.2) is 0 Å². The third kappa shape index (κ3) is 3.22. The maximum absolute atomic E-state index is 12.4. The largest absolute Gasteiger partial charge is 0.508 e. The van der Waals surface area contributed by atoms with Crippen molar-refractivity contribution in [2.45, 2.75) is 6.54 Å². The predicted octanol–water partition coefficient (Wildman–Crippen LogP) is 1.57. The van der Waals surface area contributed by atoms with Crippen LogP contribution in [0.4, 0.5) is 4.79 Å². The number of hydrogen-bond donors (Lipinski definition) is 3. The smallest absolute Gasteiger partial charge is 0.373 e. The molecule has 2 heterocycles. The summed E-state index contributed by atoms with van der Waals surface area (Å²) in [5.41, 5.74) is 0.204. The van der Waals surface area contributed by atoms with Crippen molar-refractivity contribution >= 4 is 24.0 Å². The molecule has 0 radical (unpaired) electrons. The molecule has 0 bridgehead atoms. The van der Waals surface area contributed by atoms with E-state index in [9.17, 15) is 24.6 Å². The Labute approximate surface area is 147 Å². The first-order valence-electron chi connectivity index (χ1n) is 7.42. The molecule has 134 valence electrons. The van der Waals surface area contributed by atoms with E-state index in [4.69, 9.17) is 4.42 Å².